The van der Waals surface area contributed by atoms with Gasteiger partial charge in [0, 0.05) is 6.54 Å². The molecular formula is C13H18FN. The van der Waals surface area contributed by atoms with Gasteiger partial charge in [-0.15, -0.1) is 0 Å². The summed E-state index contributed by atoms with van der Waals surface area (Å²) in [6.07, 6.45) is 1.16. The number of rotatable bonds is 2. The maximum absolute atomic E-state index is 13.4. The second kappa shape index (κ2) is 4.31. The zero-order chi connectivity index (χ0) is 10.8. The highest BCUT2D eigenvalue weighted by molar-refractivity contribution is 5.27. The van der Waals surface area contributed by atoms with Crippen LogP contribution in [0.5, 0.6) is 0 Å². The van der Waals surface area contributed by atoms with Crippen molar-refractivity contribution in [2.24, 2.45) is 0 Å². The highest BCUT2D eigenvalue weighted by atomic mass is 19.1. The molecule has 1 nitrogen and oxygen atoms in total. The summed E-state index contributed by atoms with van der Waals surface area (Å²) in [4.78, 5) is 2.42. The first-order chi connectivity index (χ1) is 7.20. The van der Waals surface area contributed by atoms with E-state index in [1.165, 1.54) is 0 Å². The first kappa shape index (κ1) is 10.6. The van der Waals surface area contributed by atoms with Gasteiger partial charge in [0.05, 0.1) is 0 Å². The predicted octanol–water partition coefficient (Wildman–Crippen LogP) is 2.94. The van der Waals surface area contributed by atoms with Crippen molar-refractivity contribution in [3.8, 4) is 0 Å². The normalized spacial score (nSPS) is 22.2. The van der Waals surface area contributed by atoms with Gasteiger partial charge < -0.3 is 4.90 Å². The maximum Gasteiger partial charge on any atom is 0.126 e. The fourth-order valence-electron chi connectivity index (χ4n) is 2.25. The zero-order valence-electron chi connectivity index (χ0n) is 9.46. The minimum atomic E-state index is -0.0672. The van der Waals surface area contributed by atoms with Gasteiger partial charge in [-0.2, -0.15) is 0 Å². The Morgan fingerprint density at radius 1 is 1.47 bits per heavy atom. The number of benzene rings is 1. The van der Waals surface area contributed by atoms with E-state index in [1.807, 2.05) is 13.0 Å². The van der Waals surface area contributed by atoms with Crippen LogP contribution in [0.3, 0.4) is 0 Å². The molecule has 2 heteroatoms. The lowest BCUT2D eigenvalue weighted by Gasteiger charge is -2.13. The largest absolute Gasteiger partial charge is 0.303 e. The molecule has 0 radical (unpaired) electrons. The average Bonchev–Trinajstić information content (AvgIpc) is 2.70. The number of nitrogens with zero attached hydrogens (tertiary/aromatic N) is 1. The van der Waals surface area contributed by atoms with Crippen molar-refractivity contribution in [3.63, 3.8) is 0 Å². The monoisotopic (exact) mass is 207 g/mol. The van der Waals surface area contributed by atoms with Gasteiger partial charge in [-0.3, -0.25) is 0 Å². The fraction of sp³-hybridized carbons (Fsp3) is 0.538. The van der Waals surface area contributed by atoms with Crippen molar-refractivity contribution in [3.05, 3.63) is 35.1 Å². The van der Waals surface area contributed by atoms with Crippen LogP contribution in [0.2, 0.25) is 0 Å². The number of hydrogen-bond acceptors (Lipinski definition) is 1. The summed E-state index contributed by atoms with van der Waals surface area (Å²) in [6, 6.07) is 5.67. The molecule has 82 valence electrons. The minimum Gasteiger partial charge on any atom is -0.303 e. The van der Waals surface area contributed by atoms with Gasteiger partial charge in [-0.05, 0) is 49.5 Å². The molecule has 0 aromatic heterocycles. The Hall–Kier alpha value is -0.890. The molecular weight excluding hydrogens is 189 g/mol. The smallest absolute Gasteiger partial charge is 0.126 e. The number of aryl methyl sites for hydroxylation is 1. The maximum atomic E-state index is 13.4. The number of halogens is 1. The third-order valence-electron chi connectivity index (χ3n) is 3.39. The van der Waals surface area contributed by atoms with Crippen LogP contribution in [0.1, 0.15) is 30.4 Å². The van der Waals surface area contributed by atoms with E-state index < -0.39 is 0 Å². The van der Waals surface area contributed by atoms with Crippen molar-refractivity contribution in [2.45, 2.75) is 26.2 Å². The summed E-state index contributed by atoms with van der Waals surface area (Å²) in [5, 5.41) is 0. The molecule has 1 atom stereocenters. The van der Waals surface area contributed by atoms with Crippen LogP contribution in [0.4, 0.5) is 4.39 Å². The van der Waals surface area contributed by atoms with Crippen molar-refractivity contribution in [1.29, 1.82) is 0 Å². The quantitative estimate of drug-likeness (QED) is 0.720. The summed E-state index contributed by atoms with van der Waals surface area (Å²) in [5.74, 6) is 0.461. The second-order valence-corrected chi connectivity index (χ2v) is 4.39. The highest BCUT2D eigenvalue weighted by Gasteiger charge is 2.22. The lowest BCUT2D eigenvalue weighted by molar-refractivity contribution is 0.354. The summed E-state index contributed by atoms with van der Waals surface area (Å²) in [7, 11) is 0. The number of likely N-dealkylation sites (tertiary alicyclic amines) is 1. The Morgan fingerprint density at radius 3 is 2.87 bits per heavy atom. The van der Waals surface area contributed by atoms with E-state index in [0.29, 0.717) is 5.92 Å². The van der Waals surface area contributed by atoms with Crippen LogP contribution < -0.4 is 0 Å². The molecule has 15 heavy (non-hydrogen) atoms. The van der Waals surface area contributed by atoms with Gasteiger partial charge >= 0.3 is 0 Å². The molecule has 1 saturated heterocycles. The van der Waals surface area contributed by atoms with E-state index in [2.05, 4.69) is 17.9 Å². The molecule has 1 fully saturated rings. The number of hydrogen-bond donors (Lipinski definition) is 0. The Morgan fingerprint density at radius 2 is 2.27 bits per heavy atom. The van der Waals surface area contributed by atoms with Crippen LogP contribution >= 0.6 is 0 Å². The van der Waals surface area contributed by atoms with E-state index >= 15 is 0 Å². The average molecular weight is 207 g/mol. The molecule has 1 unspecified atom stereocenters. The van der Waals surface area contributed by atoms with Crippen molar-refractivity contribution in [2.75, 3.05) is 19.6 Å². The Kier molecular flexibility index (Phi) is 3.06. The van der Waals surface area contributed by atoms with Gasteiger partial charge in [-0.1, -0.05) is 19.1 Å². The molecule has 1 aliphatic rings. The molecule has 0 bridgehead atoms. The van der Waals surface area contributed by atoms with Crippen LogP contribution in [0.15, 0.2) is 18.2 Å². The van der Waals surface area contributed by atoms with Crippen LogP contribution in [0, 0.1) is 12.7 Å². The molecule has 1 aliphatic heterocycles. The lowest BCUT2D eigenvalue weighted by Crippen LogP contribution is -2.19. The summed E-state index contributed by atoms with van der Waals surface area (Å²) >= 11 is 0. The summed E-state index contributed by atoms with van der Waals surface area (Å²) in [6.45, 7) is 7.32. The third kappa shape index (κ3) is 2.20. The molecule has 0 spiro atoms. The fourth-order valence-corrected chi connectivity index (χ4v) is 2.25. The molecule has 1 aromatic carbocycles. The second-order valence-electron chi connectivity index (χ2n) is 4.39. The third-order valence-corrected chi connectivity index (χ3v) is 3.39. The lowest BCUT2D eigenvalue weighted by atomic mass is 9.97. The van der Waals surface area contributed by atoms with Crippen molar-refractivity contribution >= 4 is 0 Å². The first-order valence-electron chi connectivity index (χ1n) is 5.69. The molecule has 1 aromatic rings. The predicted molar refractivity (Wildman–Crippen MR) is 60.6 cm³/mol. The van der Waals surface area contributed by atoms with Gasteiger partial charge in [0.25, 0.3) is 0 Å². The van der Waals surface area contributed by atoms with E-state index in [-0.39, 0.29) is 5.82 Å². The van der Waals surface area contributed by atoms with Gasteiger partial charge in [-0.25, -0.2) is 4.39 Å². The van der Waals surface area contributed by atoms with Crippen LogP contribution in [-0.2, 0) is 0 Å². The van der Waals surface area contributed by atoms with Crippen LogP contribution in [0.25, 0.3) is 0 Å². The molecule has 0 saturated carbocycles. The Balaban J connectivity index is 2.13. The van der Waals surface area contributed by atoms with Gasteiger partial charge in [0.15, 0.2) is 0 Å². The molecule has 0 amide bonds. The molecule has 0 N–H and O–H groups in total. The molecule has 2 rings (SSSR count). The molecule has 1 heterocycles. The van der Waals surface area contributed by atoms with Crippen molar-refractivity contribution < 1.29 is 4.39 Å². The van der Waals surface area contributed by atoms with Crippen molar-refractivity contribution in [1.82, 2.24) is 4.90 Å². The number of likely N-dealkylation sites (N-methyl/N-ethyl adjacent to an activating group) is 1. The Labute approximate surface area is 90.9 Å². The van der Waals surface area contributed by atoms with Gasteiger partial charge in [0.1, 0.15) is 5.82 Å². The summed E-state index contributed by atoms with van der Waals surface area (Å²) in [5.41, 5.74) is 1.90. The standard InChI is InChI=1S/C13H18FN/c1-3-15-7-6-12(9-15)11-5-4-10(2)13(14)8-11/h4-5,8,12H,3,6-7,9H2,1-2H3. The minimum absolute atomic E-state index is 0.0672. The Bertz CT molecular complexity index is 348. The highest BCUT2D eigenvalue weighted by Crippen LogP contribution is 2.27. The van der Waals surface area contributed by atoms with E-state index in [4.69, 9.17) is 0 Å². The zero-order valence-corrected chi connectivity index (χ0v) is 9.46. The van der Waals surface area contributed by atoms with Gasteiger partial charge in [0.2, 0.25) is 0 Å². The topological polar surface area (TPSA) is 3.24 Å². The van der Waals surface area contributed by atoms with E-state index in [0.717, 1.165) is 37.2 Å². The van der Waals surface area contributed by atoms with Crippen LogP contribution in [-0.4, -0.2) is 24.5 Å². The van der Waals surface area contributed by atoms with E-state index in [9.17, 15) is 4.39 Å². The summed E-state index contributed by atoms with van der Waals surface area (Å²) < 4.78 is 13.4. The molecule has 0 aliphatic carbocycles. The first-order valence-corrected chi connectivity index (χ1v) is 5.69. The van der Waals surface area contributed by atoms with E-state index in [1.54, 1.807) is 6.07 Å². The SMILES string of the molecule is CCN1CCC(c2ccc(C)c(F)c2)C1.